The summed E-state index contributed by atoms with van der Waals surface area (Å²) in [7, 11) is 0. The Hall–Kier alpha value is -3.96. The lowest BCUT2D eigenvalue weighted by Gasteiger charge is -2.29. The topological polar surface area (TPSA) is 171 Å². The van der Waals surface area contributed by atoms with Crippen molar-refractivity contribution in [1.82, 2.24) is 16.0 Å². The molecule has 5 unspecified atom stereocenters. The van der Waals surface area contributed by atoms with Crippen LogP contribution in [0.15, 0.2) is 78.9 Å². The summed E-state index contributed by atoms with van der Waals surface area (Å²) in [6.45, 7) is 5.09. The largest absolute Gasteiger partial charge is 0.388 e. The highest BCUT2D eigenvalue weighted by atomic mass is 35.5. The first-order valence-electron chi connectivity index (χ1n) is 15.4. The van der Waals surface area contributed by atoms with Crippen LogP contribution in [0.25, 0.3) is 0 Å². The quantitative estimate of drug-likeness (QED) is 0.135. The van der Waals surface area contributed by atoms with E-state index in [0.29, 0.717) is 17.0 Å². The second kappa shape index (κ2) is 17.8. The molecule has 0 aliphatic rings. The molecule has 0 aliphatic heterocycles. The number of amides is 4. The summed E-state index contributed by atoms with van der Waals surface area (Å²) in [6, 6.07) is 20.5. The number of carbonyl (C=O) groups excluding carboxylic acids is 4. The molecular formula is C35H42Cl2N4O6. The Kier molecular flexibility index (Phi) is 14.2. The molecule has 252 valence electrons. The molecule has 0 aliphatic carbocycles. The Morgan fingerprint density at radius 3 is 1.85 bits per heavy atom. The number of hydrogen-bond donors (Lipinski definition) is 6. The van der Waals surface area contributed by atoms with Crippen molar-refractivity contribution in [3.8, 4) is 0 Å². The molecular weight excluding hydrogens is 643 g/mol. The fourth-order valence-electron chi connectivity index (χ4n) is 5.18. The van der Waals surface area contributed by atoms with E-state index >= 15 is 0 Å². The van der Waals surface area contributed by atoms with Crippen molar-refractivity contribution in [2.75, 3.05) is 0 Å². The number of carbonyl (C=O) groups is 4. The highest BCUT2D eigenvalue weighted by Gasteiger charge is 2.35. The Morgan fingerprint density at radius 1 is 0.766 bits per heavy atom. The smallest absolute Gasteiger partial charge is 0.252 e. The summed E-state index contributed by atoms with van der Waals surface area (Å²) in [5.74, 6) is -3.16. The van der Waals surface area contributed by atoms with Crippen LogP contribution in [0.3, 0.4) is 0 Å². The maximum absolute atomic E-state index is 13.6. The van der Waals surface area contributed by atoms with Gasteiger partial charge >= 0.3 is 0 Å². The lowest BCUT2D eigenvalue weighted by molar-refractivity contribution is -0.140. The molecule has 0 spiro atoms. The first-order chi connectivity index (χ1) is 22.3. The van der Waals surface area contributed by atoms with Crippen LogP contribution in [0, 0.1) is 5.92 Å². The highest BCUT2D eigenvalue weighted by molar-refractivity contribution is 6.42. The van der Waals surface area contributed by atoms with Crippen molar-refractivity contribution >= 4 is 46.8 Å². The van der Waals surface area contributed by atoms with Crippen LogP contribution >= 0.6 is 23.2 Å². The van der Waals surface area contributed by atoms with Crippen molar-refractivity contribution in [1.29, 1.82) is 0 Å². The van der Waals surface area contributed by atoms with E-state index < -0.39 is 54.0 Å². The van der Waals surface area contributed by atoms with Crippen molar-refractivity contribution in [2.45, 2.75) is 76.3 Å². The van der Waals surface area contributed by atoms with Crippen molar-refractivity contribution in [3.63, 3.8) is 0 Å². The first kappa shape index (κ1) is 37.5. The van der Waals surface area contributed by atoms with Gasteiger partial charge in [0.15, 0.2) is 6.10 Å². The average molecular weight is 686 g/mol. The summed E-state index contributed by atoms with van der Waals surface area (Å²) >= 11 is 12.3. The molecule has 3 aromatic carbocycles. The number of nitrogens with two attached hydrogens (primary N) is 1. The predicted molar refractivity (Wildman–Crippen MR) is 182 cm³/mol. The van der Waals surface area contributed by atoms with Crippen LogP contribution in [0.5, 0.6) is 0 Å². The molecule has 3 rings (SSSR count). The molecule has 5 atom stereocenters. The van der Waals surface area contributed by atoms with Crippen LogP contribution in [-0.2, 0) is 25.6 Å². The van der Waals surface area contributed by atoms with Gasteiger partial charge in [-0.2, -0.15) is 0 Å². The Morgan fingerprint density at radius 2 is 1.34 bits per heavy atom. The number of rotatable bonds is 16. The van der Waals surface area contributed by atoms with Crippen molar-refractivity contribution in [2.24, 2.45) is 11.7 Å². The molecule has 0 bridgehead atoms. The van der Waals surface area contributed by atoms with Gasteiger partial charge in [0.25, 0.3) is 5.91 Å². The lowest BCUT2D eigenvalue weighted by atomic mass is 9.88. The van der Waals surface area contributed by atoms with E-state index in [0.717, 1.165) is 11.1 Å². The number of nitrogens with one attached hydrogen (secondary N) is 3. The minimum atomic E-state index is -2.04. The number of aliphatic hydroxyl groups is 2. The van der Waals surface area contributed by atoms with Crippen LogP contribution in [0.1, 0.15) is 56.2 Å². The van der Waals surface area contributed by atoms with Crippen molar-refractivity contribution < 1.29 is 29.4 Å². The standard InChI is InChI=1S/C35H42Cl2N4O6/c1-20(2)16-29(33(38)45)41-34(46)21(3)39-35(47)32(44)31(43)28(18-22-14-15-26(36)27(37)17-22)40-30(42)19-25(23-10-6-4-7-11-23)24-12-8-5-9-13-24/h4-15,17,20-21,25,28-29,31-32,43-44H,16,18-19H2,1-3H3,(H2,38,45)(H,39,47)(H,40,42)(H,41,46). The van der Waals surface area contributed by atoms with Crippen molar-refractivity contribution in [3.05, 3.63) is 106 Å². The zero-order valence-corrected chi connectivity index (χ0v) is 28.0. The van der Waals surface area contributed by atoms with Gasteiger partial charge in [0, 0.05) is 12.3 Å². The number of benzene rings is 3. The molecule has 10 nitrogen and oxygen atoms in total. The molecule has 0 fully saturated rings. The summed E-state index contributed by atoms with van der Waals surface area (Å²) in [5.41, 5.74) is 7.81. The van der Waals surface area contributed by atoms with Gasteiger partial charge in [-0.3, -0.25) is 19.2 Å². The maximum Gasteiger partial charge on any atom is 0.252 e. The zero-order valence-electron chi connectivity index (χ0n) is 26.5. The van der Waals surface area contributed by atoms with Crippen LogP contribution in [0.2, 0.25) is 10.0 Å². The minimum Gasteiger partial charge on any atom is -0.388 e. The third kappa shape index (κ3) is 11.4. The fourth-order valence-corrected chi connectivity index (χ4v) is 5.50. The first-order valence-corrected chi connectivity index (χ1v) is 16.1. The van der Waals surface area contributed by atoms with Crippen LogP contribution in [-0.4, -0.2) is 64.2 Å². The van der Waals surface area contributed by atoms with E-state index in [4.69, 9.17) is 28.9 Å². The predicted octanol–water partition coefficient (Wildman–Crippen LogP) is 3.49. The van der Waals surface area contributed by atoms with E-state index in [1.54, 1.807) is 18.2 Å². The summed E-state index contributed by atoms with van der Waals surface area (Å²) in [6.07, 6.45) is -3.54. The summed E-state index contributed by atoms with van der Waals surface area (Å²) in [5, 5.41) is 30.4. The van der Waals surface area contributed by atoms with E-state index in [9.17, 15) is 29.4 Å². The molecule has 0 heterocycles. The van der Waals surface area contributed by atoms with E-state index in [-0.39, 0.29) is 29.7 Å². The second-order valence-corrected chi connectivity index (χ2v) is 12.8. The van der Waals surface area contributed by atoms with Gasteiger partial charge in [-0.25, -0.2) is 0 Å². The van der Waals surface area contributed by atoms with Crippen LogP contribution < -0.4 is 21.7 Å². The van der Waals surface area contributed by atoms with Gasteiger partial charge in [0.2, 0.25) is 17.7 Å². The van der Waals surface area contributed by atoms with E-state index in [2.05, 4.69) is 16.0 Å². The maximum atomic E-state index is 13.6. The third-order valence-electron chi connectivity index (χ3n) is 7.70. The summed E-state index contributed by atoms with van der Waals surface area (Å²) in [4.78, 5) is 51.1. The fraction of sp³-hybridized carbons (Fsp3) is 0.371. The molecule has 0 saturated carbocycles. The molecule has 47 heavy (non-hydrogen) atoms. The van der Waals surface area contributed by atoms with Gasteiger partial charge in [0.05, 0.1) is 16.1 Å². The average Bonchev–Trinajstić information content (AvgIpc) is 3.04. The molecule has 0 saturated heterocycles. The number of aliphatic hydroxyl groups excluding tert-OH is 2. The van der Waals surface area contributed by atoms with Gasteiger partial charge in [-0.1, -0.05) is 104 Å². The molecule has 7 N–H and O–H groups in total. The van der Waals surface area contributed by atoms with Gasteiger partial charge in [0.1, 0.15) is 18.2 Å². The Labute approximate surface area is 285 Å². The molecule has 0 aromatic heterocycles. The van der Waals surface area contributed by atoms with E-state index in [1.165, 1.54) is 6.92 Å². The zero-order chi connectivity index (χ0) is 34.7. The molecule has 12 heteroatoms. The van der Waals surface area contributed by atoms with Crippen LogP contribution in [0.4, 0.5) is 0 Å². The minimum absolute atomic E-state index is 0.00945. The lowest BCUT2D eigenvalue weighted by Crippen LogP contribution is -2.57. The number of primary amides is 1. The molecule has 0 radical (unpaired) electrons. The Bertz CT molecular complexity index is 1470. The third-order valence-corrected chi connectivity index (χ3v) is 8.44. The van der Waals surface area contributed by atoms with E-state index in [1.807, 2.05) is 74.5 Å². The molecule has 4 amide bonds. The highest BCUT2D eigenvalue weighted by Crippen LogP contribution is 2.28. The second-order valence-electron chi connectivity index (χ2n) is 12.0. The van der Waals surface area contributed by atoms with Gasteiger partial charge in [-0.05, 0) is 54.5 Å². The normalized spacial score (nSPS) is 14.5. The summed E-state index contributed by atoms with van der Waals surface area (Å²) < 4.78 is 0. The van der Waals surface area contributed by atoms with Gasteiger partial charge in [-0.15, -0.1) is 0 Å². The SMILES string of the molecule is CC(C)CC(NC(=O)C(C)NC(=O)C(O)C(O)C(Cc1ccc(Cl)c(Cl)c1)NC(=O)CC(c1ccccc1)c1ccccc1)C(N)=O. The molecule has 3 aromatic rings. The Balaban J connectivity index is 1.79. The number of halogens is 2. The monoisotopic (exact) mass is 684 g/mol. The number of hydrogen-bond acceptors (Lipinski definition) is 6. The van der Waals surface area contributed by atoms with Gasteiger partial charge < -0.3 is 31.9 Å².